The third-order valence-electron chi connectivity index (χ3n) is 2.35. The topological polar surface area (TPSA) is 76.2 Å². The summed E-state index contributed by atoms with van der Waals surface area (Å²) in [5.74, 6) is 0.246. The van der Waals surface area contributed by atoms with Gasteiger partial charge in [-0.05, 0) is 18.2 Å². The standard InChI is InChI=1S/C13H7ClN2O3/c14-10-6-5-9(8-15)13(7-10)19-12-4-2-1-3-11(12)16(17)18/h1-7H. The van der Waals surface area contributed by atoms with Crippen molar-refractivity contribution in [3.05, 3.63) is 63.2 Å². The van der Waals surface area contributed by atoms with Gasteiger partial charge in [-0.15, -0.1) is 0 Å². The molecule has 6 heteroatoms. The van der Waals surface area contributed by atoms with E-state index in [1.165, 1.54) is 30.3 Å². The Morgan fingerprint density at radius 2 is 1.95 bits per heavy atom. The number of hydrogen-bond donors (Lipinski definition) is 0. The van der Waals surface area contributed by atoms with Crippen molar-refractivity contribution in [1.29, 1.82) is 5.26 Å². The van der Waals surface area contributed by atoms with Crippen molar-refractivity contribution in [2.45, 2.75) is 0 Å². The highest BCUT2D eigenvalue weighted by molar-refractivity contribution is 6.30. The van der Waals surface area contributed by atoms with Crippen LogP contribution in [0, 0.1) is 21.4 Å². The van der Waals surface area contributed by atoms with Crippen LogP contribution in [0.3, 0.4) is 0 Å². The Morgan fingerprint density at radius 3 is 2.63 bits per heavy atom. The molecule has 0 N–H and O–H groups in total. The second-order valence-electron chi connectivity index (χ2n) is 3.58. The summed E-state index contributed by atoms with van der Waals surface area (Å²) in [5.41, 5.74) is 0.0777. The number of nitriles is 1. The number of nitrogens with zero attached hydrogens (tertiary/aromatic N) is 2. The zero-order valence-corrected chi connectivity index (χ0v) is 10.3. The number of ether oxygens (including phenoxy) is 1. The number of benzene rings is 2. The molecular weight excluding hydrogens is 268 g/mol. The lowest BCUT2D eigenvalue weighted by Gasteiger charge is -2.07. The van der Waals surface area contributed by atoms with Gasteiger partial charge < -0.3 is 4.74 Å². The van der Waals surface area contributed by atoms with Gasteiger partial charge in [0.25, 0.3) is 0 Å². The van der Waals surface area contributed by atoms with Gasteiger partial charge in [-0.3, -0.25) is 10.1 Å². The maximum atomic E-state index is 10.9. The van der Waals surface area contributed by atoms with Crippen LogP contribution >= 0.6 is 11.6 Å². The number of rotatable bonds is 3. The molecular formula is C13H7ClN2O3. The molecule has 0 aliphatic carbocycles. The third kappa shape index (κ3) is 2.81. The minimum Gasteiger partial charge on any atom is -0.449 e. The van der Waals surface area contributed by atoms with E-state index in [4.69, 9.17) is 21.6 Å². The van der Waals surface area contributed by atoms with Crippen LogP contribution in [0.15, 0.2) is 42.5 Å². The molecule has 0 bridgehead atoms. The predicted octanol–water partition coefficient (Wildman–Crippen LogP) is 3.91. The molecule has 2 rings (SSSR count). The molecule has 0 spiro atoms. The summed E-state index contributed by atoms with van der Waals surface area (Å²) >= 11 is 5.82. The van der Waals surface area contributed by atoms with Crippen molar-refractivity contribution in [3.8, 4) is 17.6 Å². The Balaban J connectivity index is 2.45. The first-order valence-electron chi connectivity index (χ1n) is 5.22. The summed E-state index contributed by atoms with van der Waals surface area (Å²) in [5, 5.41) is 20.2. The van der Waals surface area contributed by atoms with Gasteiger partial charge in [0, 0.05) is 17.2 Å². The number of nitro benzene ring substituents is 1. The lowest BCUT2D eigenvalue weighted by molar-refractivity contribution is -0.385. The van der Waals surface area contributed by atoms with Crippen molar-refractivity contribution in [3.63, 3.8) is 0 Å². The van der Waals surface area contributed by atoms with Gasteiger partial charge in [0.15, 0.2) is 0 Å². The summed E-state index contributed by atoms with van der Waals surface area (Å²) in [4.78, 5) is 10.3. The van der Waals surface area contributed by atoms with E-state index in [0.29, 0.717) is 5.02 Å². The van der Waals surface area contributed by atoms with E-state index in [1.807, 2.05) is 6.07 Å². The minimum absolute atomic E-state index is 0.0614. The summed E-state index contributed by atoms with van der Waals surface area (Å²) in [6.07, 6.45) is 0. The number of halogens is 1. The molecule has 2 aromatic carbocycles. The fourth-order valence-electron chi connectivity index (χ4n) is 1.49. The molecule has 2 aromatic rings. The molecule has 0 fully saturated rings. The second-order valence-corrected chi connectivity index (χ2v) is 4.02. The van der Waals surface area contributed by atoms with Crippen molar-refractivity contribution < 1.29 is 9.66 Å². The lowest BCUT2D eigenvalue weighted by Crippen LogP contribution is -1.94. The summed E-state index contributed by atoms with van der Waals surface area (Å²) < 4.78 is 5.43. The minimum atomic E-state index is -0.550. The second kappa shape index (κ2) is 5.38. The normalized spacial score (nSPS) is 9.68. The Labute approximate surface area is 113 Å². The molecule has 0 saturated carbocycles. The Bertz CT molecular complexity index is 680. The van der Waals surface area contributed by atoms with Gasteiger partial charge in [-0.25, -0.2) is 0 Å². The van der Waals surface area contributed by atoms with Crippen molar-refractivity contribution in [2.75, 3.05) is 0 Å². The van der Waals surface area contributed by atoms with Gasteiger partial charge >= 0.3 is 5.69 Å². The molecule has 94 valence electrons. The molecule has 0 aliphatic rings. The molecule has 19 heavy (non-hydrogen) atoms. The molecule has 0 aromatic heterocycles. The van der Waals surface area contributed by atoms with Crippen LogP contribution in [0.4, 0.5) is 5.69 Å². The monoisotopic (exact) mass is 274 g/mol. The zero-order valence-electron chi connectivity index (χ0n) is 9.54. The Morgan fingerprint density at radius 1 is 1.21 bits per heavy atom. The van der Waals surface area contributed by atoms with E-state index in [-0.39, 0.29) is 22.7 Å². The van der Waals surface area contributed by atoms with Crippen LogP contribution < -0.4 is 4.74 Å². The summed E-state index contributed by atoms with van der Waals surface area (Å²) in [6.45, 7) is 0. The van der Waals surface area contributed by atoms with E-state index < -0.39 is 4.92 Å². The molecule has 0 atom stereocenters. The highest BCUT2D eigenvalue weighted by atomic mass is 35.5. The van der Waals surface area contributed by atoms with Gasteiger partial charge in [-0.1, -0.05) is 23.7 Å². The molecule has 0 aliphatic heterocycles. The first-order chi connectivity index (χ1) is 9.11. The largest absolute Gasteiger partial charge is 0.449 e. The van der Waals surface area contributed by atoms with Crippen LogP contribution in [-0.4, -0.2) is 4.92 Å². The highest BCUT2D eigenvalue weighted by Gasteiger charge is 2.16. The average molecular weight is 275 g/mol. The SMILES string of the molecule is N#Cc1ccc(Cl)cc1Oc1ccccc1[N+](=O)[O-]. The predicted molar refractivity (Wildman–Crippen MR) is 69.3 cm³/mol. The fourth-order valence-corrected chi connectivity index (χ4v) is 1.65. The van der Waals surface area contributed by atoms with Crippen molar-refractivity contribution in [2.24, 2.45) is 0 Å². The van der Waals surface area contributed by atoms with Crippen molar-refractivity contribution in [1.82, 2.24) is 0 Å². The summed E-state index contributed by atoms with van der Waals surface area (Å²) in [6, 6.07) is 12.3. The summed E-state index contributed by atoms with van der Waals surface area (Å²) in [7, 11) is 0. The number of hydrogen-bond acceptors (Lipinski definition) is 4. The highest BCUT2D eigenvalue weighted by Crippen LogP contribution is 2.33. The van der Waals surface area contributed by atoms with Crippen LogP contribution in [0.25, 0.3) is 0 Å². The smallest absolute Gasteiger partial charge is 0.311 e. The molecule has 0 radical (unpaired) electrons. The van der Waals surface area contributed by atoms with Crippen LogP contribution in [0.2, 0.25) is 5.02 Å². The molecule has 0 unspecified atom stereocenters. The molecule has 5 nitrogen and oxygen atoms in total. The van der Waals surface area contributed by atoms with Crippen LogP contribution in [0.5, 0.6) is 11.5 Å². The Kier molecular flexibility index (Phi) is 3.64. The van der Waals surface area contributed by atoms with Gasteiger partial charge in [-0.2, -0.15) is 5.26 Å². The van der Waals surface area contributed by atoms with E-state index in [0.717, 1.165) is 0 Å². The van der Waals surface area contributed by atoms with Crippen molar-refractivity contribution >= 4 is 17.3 Å². The number of nitro groups is 1. The van der Waals surface area contributed by atoms with E-state index in [1.54, 1.807) is 12.1 Å². The lowest BCUT2D eigenvalue weighted by atomic mass is 10.2. The first-order valence-corrected chi connectivity index (χ1v) is 5.60. The maximum absolute atomic E-state index is 10.9. The van der Waals surface area contributed by atoms with Gasteiger partial charge in [0.05, 0.1) is 10.5 Å². The Hall–Kier alpha value is -2.58. The molecule has 0 saturated heterocycles. The average Bonchev–Trinajstić information content (AvgIpc) is 2.39. The molecule has 0 amide bonds. The van der Waals surface area contributed by atoms with Crippen LogP contribution in [-0.2, 0) is 0 Å². The number of para-hydroxylation sites is 2. The van der Waals surface area contributed by atoms with E-state index >= 15 is 0 Å². The van der Waals surface area contributed by atoms with Gasteiger partial charge in [0.1, 0.15) is 11.8 Å². The third-order valence-corrected chi connectivity index (χ3v) is 2.58. The first kappa shape index (κ1) is 12.9. The quantitative estimate of drug-likeness (QED) is 0.628. The van der Waals surface area contributed by atoms with E-state index in [2.05, 4.69) is 0 Å². The van der Waals surface area contributed by atoms with E-state index in [9.17, 15) is 10.1 Å². The fraction of sp³-hybridized carbons (Fsp3) is 0. The van der Waals surface area contributed by atoms with Crippen LogP contribution in [0.1, 0.15) is 5.56 Å². The zero-order chi connectivity index (χ0) is 13.8. The maximum Gasteiger partial charge on any atom is 0.311 e. The molecule has 0 heterocycles. The van der Waals surface area contributed by atoms with Gasteiger partial charge in [0.2, 0.25) is 5.75 Å².